The molecule has 0 spiro atoms. The predicted molar refractivity (Wildman–Crippen MR) is 47.4 cm³/mol. The third-order valence-corrected chi connectivity index (χ3v) is 1.66. The van der Waals surface area contributed by atoms with Crippen LogP contribution in [0.15, 0.2) is 6.20 Å². The Kier molecular flexibility index (Phi) is 3.53. The first-order valence-electron chi connectivity index (χ1n) is 4.29. The normalized spacial score (nSPS) is 11.6. The van der Waals surface area contributed by atoms with E-state index in [1.165, 1.54) is 10.9 Å². The van der Waals surface area contributed by atoms with Crippen molar-refractivity contribution in [1.29, 1.82) is 0 Å². The van der Waals surface area contributed by atoms with Crippen LogP contribution in [0, 0.1) is 6.92 Å². The molecule has 1 heterocycles. The molecule has 16 heavy (non-hydrogen) atoms. The van der Waals surface area contributed by atoms with E-state index in [1.54, 1.807) is 19.5 Å². The molecular weight excluding hydrogens is 227 g/mol. The van der Waals surface area contributed by atoms with Crippen molar-refractivity contribution in [3.05, 3.63) is 17.5 Å². The van der Waals surface area contributed by atoms with Gasteiger partial charge in [-0.2, -0.15) is 18.3 Å². The number of nitrogens with one attached hydrogen (secondary N) is 1. The van der Waals surface area contributed by atoms with Crippen molar-refractivity contribution in [2.24, 2.45) is 7.05 Å². The zero-order valence-corrected chi connectivity index (χ0v) is 8.63. The highest BCUT2D eigenvalue weighted by molar-refractivity contribution is 5.94. The van der Waals surface area contributed by atoms with Crippen LogP contribution in [-0.4, -0.2) is 28.5 Å². The van der Waals surface area contributed by atoms with Gasteiger partial charge in [-0.1, -0.05) is 0 Å². The summed E-state index contributed by atoms with van der Waals surface area (Å²) in [4.78, 5) is 15.3. The molecule has 0 aliphatic heterocycles. The molecule has 1 amide bonds. The summed E-state index contributed by atoms with van der Waals surface area (Å²) >= 11 is 0. The maximum Gasteiger partial charge on any atom is 0.414 e. The predicted octanol–water partition coefficient (Wildman–Crippen LogP) is 0.952. The van der Waals surface area contributed by atoms with Crippen LogP contribution in [0.4, 0.5) is 13.2 Å². The molecule has 0 saturated heterocycles. The highest BCUT2D eigenvalue weighted by Crippen LogP contribution is 2.13. The molecule has 0 aromatic carbocycles. The van der Waals surface area contributed by atoms with Crippen molar-refractivity contribution >= 4 is 5.91 Å². The van der Waals surface area contributed by atoms with Gasteiger partial charge in [-0.05, 0) is 6.92 Å². The lowest BCUT2D eigenvalue weighted by Gasteiger charge is -2.07. The SMILES string of the molecule is Cc1nn(C)cc1C(=O)NOCC(F)(F)F. The second kappa shape index (κ2) is 4.52. The minimum absolute atomic E-state index is 0.171. The molecule has 0 aliphatic carbocycles. The van der Waals surface area contributed by atoms with Crippen LogP contribution in [0.1, 0.15) is 16.1 Å². The van der Waals surface area contributed by atoms with Crippen LogP contribution in [0.2, 0.25) is 0 Å². The minimum atomic E-state index is -4.47. The Morgan fingerprint density at radius 2 is 2.25 bits per heavy atom. The van der Waals surface area contributed by atoms with Gasteiger partial charge >= 0.3 is 6.18 Å². The van der Waals surface area contributed by atoms with Crippen molar-refractivity contribution in [3.63, 3.8) is 0 Å². The van der Waals surface area contributed by atoms with Gasteiger partial charge < -0.3 is 0 Å². The quantitative estimate of drug-likeness (QED) is 0.796. The summed E-state index contributed by atoms with van der Waals surface area (Å²) < 4.78 is 36.5. The molecule has 1 rings (SSSR count). The summed E-state index contributed by atoms with van der Waals surface area (Å²) in [7, 11) is 1.60. The van der Waals surface area contributed by atoms with Gasteiger partial charge in [0.15, 0.2) is 6.61 Å². The molecule has 5 nitrogen and oxygen atoms in total. The van der Waals surface area contributed by atoms with E-state index >= 15 is 0 Å². The van der Waals surface area contributed by atoms with Gasteiger partial charge in [0.05, 0.1) is 11.3 Å². The van der Waals surface area contributed by atoms with Crippen LogP contribution in [-0.2, 0) is 11.9 Å². The Balaban J connectivity index is 2.51. The number of rotatable bonds is 3. The van der Waals surface area contributed by atoms with Crippen LogP contribution < -0.4 is 5.48 Å². The molecule has 90 valence electrons. The van der Waals surface area contributed by atoms with E-state index in [0.29, 0.717) is 5.69 Å². The summed E-state index contributed by atoms with van der Waals surface area (Å²) in [5.74, 6) is -0.755. The monoisotopic (exact) mass is 237 g/mol. The molecule has 1 aromatic rings. The number of nitrogens with zero attached hydrogens (tertiary/aromatic N) is 2. The van der Waals surface area contributed by atoms with E-state index in [2.05, 4.69) is 9.94 Å². The van der Waals surface area contributed by atoms with Crippen molar-refractivity contribution < 1.29 is 22.8 Å². The lowest BCUT2D eigenvalue weighted by Crippen LogP contribution is -2.29. The molecule has 0 bridgehead atoms. The fraction of sp³-hybridized carbons (Fsp3) is 0.500. The largest absolute Gasteiger partial charge is 0.414 e. The summed E-state index contributed by atoms with van der Waals surface area (Å²) in [5.41, 5.74) is 2.28. The maximum absolute atomic E-state index is 11.7. The molecule has 0 fully saturated rings. The Morgan fingerprint density at radius 1 is 1.62 bits per heavy atom. The van der Waals surface area contributed by atoms with E-state index < -0.39 is 18.7 Å². The Hall–Kier alpha value is -1.57. The number of halogens is 3. The lowest BCUT2D eigenvalue weighted by atomic mass is 10.2. The molecular formula is C8H10F3N3O2. The van der Waals surface area contributed by atoms with E-state index in [0.717, 1.165) is 0 Å². The number of aromatic nitrogens is 2. The summed E-state index contributed by atoms with van der Waals surface area (Å²) in [6.45, 7) is 0.0384. The smallest absolute Gasteiger partial charge is 0.275 e. The molecule has 0 aliphatic rings. The number of hydrogen-bond donors (Lipinski definition) is 1. The summed E-state index contributed by atoms with van der Waals surface area (Å²) in [6, 6.07) is 0. The van der Waals surface area contributed by atoms with Crippen LogP contribution in [0.25, 0.3) is 0 Å². The first-order chi connectivity index (χ1) is 7.29. The Labute approximate surface area is 89.1 Å². The Bertz CT molecular complexity index is 386. The van der Waals surface area contributed by atoms with Crippen molar-refractivity contribution in [1.82, 2.24) is 15.3 Å². The van der Waals surface area contributed by atoms with Crippen molar-refractivity contribution in [3.8, 4) is 0 Å². The first-order valence-corrected chi connectivity index (χ1v) is 4.29. The van der Waals surface area contributed by atoms with Crippen molar-refractivity contribution in [2.45, 2.75) is 13.1 Å². The zero-order valence-electron chi connectivity index (χ0n) is 8.63. The second-order valence-electron chi connectivity index (χ2n) is 3.14. The maximum atomic E-state index is 11.7. The third-order valence-electron chi connectivity index (χ3n) is 1.66. The topological polar surface area (TPSA) is 56.2 Å². The van der Waals surface area contributed by atoms with E-state index in [1.807, 2.05) is 0 Å². The van der Waals surface area contributed by atoms with Gasteiger partial charge in [0.25, 0.3) is 5.91 Å². The minimum Gasteiger partial charge on any atom is -0.275 e. The second-order valence-corrected chi connectivity index (χ2v) is 3.14. The highest BCUT2D eigenvalue weighted by atomic mass is 19.4. The van der Waals surface area contributed by atoms with Gasteiger partial charge in [0, 0.05) is 13.2 Å². The van der Waals surface area contributed by atoms with E-state index in [9.17, 15) is 18.0 Å². The zero-order chi connectivity index (χ0) is 12.3. The summed E-state index contributed by atoms with van der Waals surface area (Å²) in [5, 5.41) is 3.87. The fourth-order valence-electron chi connectivity index (χ4n) is 1.06. The van der Waals surface area contributed by atoms with E-state index in [-0.39, 0.29) is 5.56 Å². The first kappa shape index (κ1) is 12.5. The van der Waals surface area contributed by atoms with Crippen LogP contribution in [0.3, 0.4) is 0 Å². The molecule has 1 aromatic heterocycles. The van der Waals surface area contributed by atoms with Gasteiger partial charge in [0.1, 0.15) is 0 Å². The molecule has 8 heteroatoms. The number of aryl methyl sites for hydroxylation is 2. The molecule has 0 atom stereocenters. The number of carbonyl (C=O) groups is 1. The molecule has 0 saturated carbocycles. The van der Waals surface area contributed by atoms with E-state index in [4.69, 9.17) is 0 Å². The van der Waals surface area contributed by atoms with Crippen molar-refractivity contribution in [2.75, 3.05) is 6.61 Å². The van der Waals surface area contributed by atoms with Gasteiger partial charge in [-0.15, -0.1) is 0 Å². The number of carbonyl (C=O) groups excluding carboxylic acids is 1. The lowest BCUT2D eigenvalue weighted by molar-refractivity contribution is -0.184. The highest BCUT2D eigenvalue weighted by Gasteiger charge is 2.28. The number of hydroxylamine groups is 1. The van der Waals surface area contributed by atoms with Gasteiger partial charge in [-0.3, -0.25) is 14.3 Å². The van der Waals surface area contributed by atoms with Gasteiger partial charge in [-0.25, -0.2) is 5.48 Å². The average Bonchev–Trinajstić information content (AvgIpc) is 2.43. The molecule has 0 radical (unpaired) electrons. The Morgan fingerprint density at radius 3 is 2.69 bits per heavy atom. The average molecular weight is 237 g/mol. The number of alkyl halides is 3. The standard InChI is InChI=1S/C8H10F3N3O2/c1-5-6(3-14(2)12-5)7(15)13-16-4-8(9,10)11/h3H,4H2,1-2H3,(H,13,15). The summed E-state index contributed by atoms with van der Waals surface area (Å²) in [6.07, 6.45) is -3.08. The third kappa shape index (κ3) is 3.54. The number of amides is 1. The van der Waals surface area contributed by atoms with Crippen LogP contribution in [0.5, 0.6) is 0 Å². The molecule has 1 N–H and O–H groups in total. The van der Waals surface area contributed by atoms with Gasteiger partial charge in [0.2, 0.25) is 0 Å². The molecule has 0 unspecified atom stereocenters. The van der Waals surface area contributed by atoms with Crippen LogP contribution >= 0.6 is 0 Å². The fourth-order valence-corrected chi connectivity index (χ4v) is 1.06. The number of hydrogen-bond acceptors (Lipinski definition) is 3.